The molecular weight excluding hydrogens is 476 g/mol. The molecule has 0 fully saturated rings. The van der Waals surface area contributed by atoms with Crippen LogP contribution in [-0.2, 0) is 9.53 Å². The number of ether oxygens (including phenoxy) is 1. The van der Waals surface area contributed by atoms with Crippen LogP contribution in [0.5, 0.6) is 0 Å². The molecule has 1 heterocycles. The fraction of sp³-hybridized carbons (Fsp3) is 0.381. The number of nitriles is 1. The number of rotatable bonds is 9. The number of hydrogen-bond acceptors (Lipinski definition) is 7. The van der Waals surface area contributed by atoms with Crippen LogP contribution in [-0.4, -0.2) is 41.4 Å². The van der Waals surface area contributed by atoms with Gasteiger partial charge in [-0.15, -0.1) is 23.1 Å². The molecule has 1 atom stereocenters. The van der Waals surface area contributed by atoms with Crippen molar-refractivity contribution in [3.05, 3.63) is 39.7 Å². The van der Waals surface area contributed by atoms with E-state index in [9.17, 15) is 10.1 Å². The summed E-state index contributed by atoms with van der Waals surface area (Å²) < 4.78 is 5.85. The van der Waals surface area contributed by atoms with Crippen LogP contribution in [0.4, 0.5) is 0 Å². The summed E-state index contributed by atoms with van der Waals surface area (Å²) >= 11 is 16.5. The van der Waals surface area contributed by atoms with Gasteiger partial charge in [0.05, 0.1) is 21.8 Å². The highest BCUT2D eigenvalue weighted by atomic mass is 35.5. The molecule has 1 aromatic carbocycles. The van der Waals surface area contributed by atoms with Gasteiger partial charge in [-0.3, -0.25) is 0 Å². The highest BCUT2D eigenvalue weighted by Crippen LogP contribution is 2.43. The van der Waals surface area contributed by atoms with Gasteiger partial charge in [0.1, 0.15) is 17.1 Å². The van der Waals surface area contributed by atoms with E-state index in [4.69, 9.17) is 28.6 Å². The molecule has 0 unspecified atom stereocenters. The first-order valence-corrected chi connectivity index (χ1v) is 13.1. The lowest BCUT2D eigenvalue weighted by Crippen LogP contribution is -2.41. The zero-order chi connectivity index (χ0) is 22.3. The normalized spacial score (nSPS) is 11.8. The van der Waals surface area contributed by atoms with Crippen LogP contribution in [0.25, 0.3) is 11.1 Å². The monoisotopic (exact) mass is 498 g/mol. The first kappa shape index (κ1) is 25.0. The van der Waals surface area contributed by atoms with Gasteiger partial charge < -0.3 is 10.1 Å². The molecular formula is C21H23ClN2O2S4. The van der Waals surface area contributed by atoms with E-state index in [1.165, 1.54) is 18.4 Å². The van der Waals surface area contributed by atoms with E-state index in [1.807, 2.05) is 18.4 Å². The number of thiophene rings is 1. The molecule has 0 amide bonds. The Morgan fingerprint density at radius 2 is 2.03 bits per heavy atom. The Morgan fingerprint density at radius 3 is 2.57 bits per heavy atom. The molecule has 0 aliphatic carbocycles. The maximum absolute atomic E-state index is 12.2. The Balaban J connectivity index is 2.52. The Bertz CT molecular complexity index is 936. The average molecular weight is 499 g/mol. The van der Waals surface area contributed by atoms with E-state index < -0.39 is 6.04 Å². The molecule has 4 nitrogen and oxygen atoms in total. The summed E-state index contributed by atoms with van der Waals surface area (Å²) in [7, 11) is 1.37. The fourth-order valence-electron chi connectivity index (χ4n) is 2.71. The van der Waals surface area contributed by atoms with Crippen LogP contribution in [0.3, 0.4) is 0 Å². The minimum absolute atomic E-state index is 0.313. The Labute approximate surface area is 200 Å². The van der Waals surface area contributed by atoms with Crippen molar-refractivity contribution in [3.8, 4) is 17.2 Å². The van der Waals surface area contributed by atoms with Crippen molar-refractivity contribution in [2.45, 2.75) is 35.8 Å². The predicted octanol–water partition coefficient (Wildman–Crippen LogP) is 6.00. The average Bonchev–Trinajstić information content (AvgIpc) is 3.08. The lowest BCUT2D eigenvalue weighted by molar-refractivity contribution is -0.142. The maximum Gasteiger partial charge on any atom is 0.328 e. The van der Waals surface area contributed by atoms with Crippen LogP contribution in [0.1, 0.15) is 30.7 Å². The van der Waals surface area contributed by atoms with E-state index in [-0.39, 0.29) is 5.97 Å². The number of esters is 1. The van der Waals surface area contributed by atoms with Crippen LogP contribution >= 0.6 is 58.7 Å². The number of hydrogen-bond donors (Lipinski definition) is 1. The molecule has 1 aromatic heterocycles. The number of nitrogens with one attached hydrogen (secondary N) is 1. The fourth-order valence-corrected chi connectivity index (χ4v) is 6.30. The largest absolute Gasteiger partial charge is 0.467 e. The summed E-state index contributed by atoms with van der Waals surface area (Å²) in [6.45, 7) is 4.17. The second kappa shape index (κ2) is 12.0. The van der Waals surface area contributed by atoms with Crippen LogP contribution < -0.4 is 5.32 Å². The molecule has 0 saturated carbocycles. The third-order valence-corrected chi connectivity index (χ3v) is 7.85. The SMILES string of the molecule is COC(=O)[C@H](CCSC)NC(=S)c1sc(SC(C)C)c(C#N)c1-c1ccc(Cl)cc1. The molecule has 2 rings (SSSR count). The van der Waals surface area contributed by atoms with Crippen molar-refractivity contribution in [1.82, 2.24) is 5.32 Å². The molecule has 0 aliphatic heterocycles. The van der Waals surface area contributed by atoms with E-state index in [0.717, 1.165) is 26.0 Å². The van der Waals surface area contributed by atoms with Crippen LogP contribution in [0.15, 0.2) is 28.5 Å². The number of methoxy groups -OCH3 is 1. The van der Waals surface area contributed by atoms with E-state index >= 15 is 0 Å². The second-order valence-corrected chi connectivity index (χ2v) is 11.3. The van der Waals surface area contributed by atoms with Gasteiger partial charge in [-0.1, -0.05) is 49.8 Å². The van der Waals surface area contributed by atoms with Crippen LogP contribution in [0.2, 0.25) is 5.02 Å². The topological polar surface area (TPSA) is 62.1 Å². The van der Waals surface area contributed by atoms with Gasteiger partial charge in [0.15, 0.2) is 0 Å². The van der Waals surface area contributed by atoms with Gasteiger partial charge in [0.2, 0.25) is 0 Å². The minimum atomic E-state index is -0.540. The summed E-state index contributed by atoms with van der Waals surface area (Å²) in [5.41, 5.74) is 2.23. The summed E-state index contributed by atoms with van der Waals surface area (Å²) in [6.07, 6.45) is 2.58. The first-order chi connectivity index (χ1) is 14.3. The number of carbonyl (C=O) groups excluding carboxylic acids is 1. The summed E-state index contributed by atoms with van der Waals surface area (Å²) in [5, 5.41) is 14.0. The van der Waals surface area contributed by atoms with Crippen molar-refractivity contribution < 1.29 is 9.53 Å². The molecule has 9 heteroatoms. The number of halogens is 1. The molecule has 0 aliphatic rings. The van der Waals surface area contributed by atoms with Gasteiger partial charge in [-0.2, -0.15) is 17.0 Å². The van der Waals surface area contributed by atoms with Gasteiger partial charge >= 0.3 is 5.97 Å². The molecule has 30 heavy (non-hydrogen) atoms. The molecule has 160 valence electrons. The lowest BCUT2D eigenvalue weighted by atomic mass is 10.0. The van der Waals surface area contributed by atoms with Gasteiger partial charge in [0.25, 0.3) is 0 Å². The van der Waals surface area contributed by atoms with Crippen molar-refractivity contribution in [3.63, 3.8) is 0 Å². The third-order valence-electron chi connectivity index (χ3n) is 4.07. The van der Waals surface area contributed by atoms with E-state index in [1.54, 1.807) is 35.7 Å². The van der Waals surface area contributed by atoms with Crippen LogP contribution in [0, 0.1) is 11.3 Å². The number of benzene rings is 1. The molecule has 2 aromatic rings. The Morgan fingerprint density at radius 1 is 1.37 bits per heavy atom. The number of nitrogens with zero attached hydrogens (tertiary/aromatic N) is 1. The highest BCUT2D eigenvalue weighted by Gasteiger charge is 2.26. The zero-order valence-corrected chi connectivity index (χ0v) is 21.2. The second-order valence-electron chi connectivity index (χ2n) is 6.58. The summed E-state index contributed by atoms with van der Waals surface area (Å²) in [4.78, 5) is 13.4. The maximum atomic E-state index is 12.2. The molecule has 0 radical (unpaired) electrons. The first-order valence-electron chi connectivity index (χ1n) is 9.19. The van der Waals surface area contributed by atoms with E-state index in [2.05, 4.69) is 25.2 Å². The predicted molar refractivity (Wildman–Crippen MR) is 134 cm³/mol. The molecule has 0 bridgehead atoms. The number of thiocarbonyl (C=S) groups is 1. The van der Waals surface area contributed by atoms with Crippen molar-refractivity contribution in [1.29, 1.82) is 5.26 Å². The van der Waals surface area contributed by atoms with Gasteiger partial charge in [-0.05, 0) is 36.1 Å². The summed E-state index contributed by atoms with van der Waals surface area (Å²) in [5.74, 6) is 0.440. The number of thioether (sulfide) groups is 2. The molecule has 1 N–H and O–H groups in total. The van der Waals surface area contributed by atoms with Crippen molar-refractivity contribution >= 4 is 69.6 Å². The standard InChI is InChI=1S/C21H23ClN2O2S4/c1-12(2)29-21-15(11-23)17(13-5-7-14(22)8-6-13)18(30-21)19(27)24-16(9-10-28-4)20(25)26-3/h5-8,12,16H,9-10H2,1-4H3,(H,24,27)/t16-/m0/s1. The van der Waals surface area contributed by atoms with Crippen molar-refractivity contribution in [2.24, 2.45) is 0 Å². The van der Waals surface area contributed by atoms with Gasteiger partial charge in [0, 0.05) is 15.8 Å². The molecule has 0 saturated heterocycles. The third kappa shape index (κ3) is 6.38. The highest BCUT2D eigenvalue weighted by molar-refractivity contribution is 8.01. The summed E-state index contributed by atoms with van der Waals surface area (Å²) in [6, 6.07) is 9.16. The lowest BCUT2D eigenvalue weighted by Gasteiger charge is -2.18. The van der Waals surface area contributed by atoms with Gasteiger partial charge in [-0.25, -0.2) is 4.79 Å². The Kier molecular flexibility index (Phi) is 9.98. The van der Waals surface area contributed by atoms with Crippen molar-refractivity contribution in [2.75, 3.05) is 19.1 Å². The zero-order valence-electron chi connectivity index (χ0n) is 17.2. The molecule has 0 spiro atoms. The smallest absolute Gasteiger partial charge is 0.328 e. The number of carbonyl (C=O) groups is 1. The Hall–Kier alpha value is -1.24. The minimum Gasteiger partial charge on any atom is -0.467 e. The quantitative estimate of drug-likeness (QED) is 0.258. The van der Waals surface area contributed by atoms with E-state index in [0.29, 0.717) is 27.2 Å².